The molecular formula is C18H39IN4O. The Bertz CT molecular complexity index is 349. The van der Waals surface area contributed by atoms with Gasteiger partial charge in [-0.15, -0.1) is 24.0 Å². The molecule has 1 saturated carbocycles. The highest BCUT2D eigenvalue weighted by Gasteiger charge is 2.33. The monoisotopic (exact) mass is 454 g/mol. The van der Waals surface area contributed by atoms with Crippen LogP contribution in [0.25, 0.3) is 0 Å². The van der Waals surface area contributed by atoms with Crippen molar-refractivity contribution in [2.75, 3.05) is 39.9 Å². The molecule has 0 bridgehead atoms. The smallest absolute Gasteiger partial charge is 0.191 e. The number of rotatable bonds is 9. The molecule has 1 aliphatic rings. The Balaban J connectivity index is 0.00000529. The normalized spacial score (nSPS) is 17.5. The van der Waals surface area contributed by atoms with E-state index in [0.29, 0.717) is 5.41 Å². The third-order valence-corrected chi connectivity index (χ3v) is 4.49. The Morgan fingerprint density at radius 3 is 2.33 bits per heavy atom. The molecule has 0 aromatic rings. The minimum Gasteiger partial charge on any atom is -0.385 e. The van der Waals surface area contributed by atoms with Crippen LogP contribution in [0.3, 0.4) is 0 Å². The summed E-state index contributed by atoms with van der Waals surface area (Å²) < 4.78 is 5.31. The third-order valence-electron chi connectivity index (χ3n) is 4.49. The number of aliphatic imine (C=N–C) groups is 1. The topological polar surface area (TPSA) is 57.7 Å². The number of nitrogens with zero attached hydrogens (tertiary/aromatic N) is 1. The molecule has 6 heteroatoms. The van der Waals surface area contributed by atoms with Crippen LogP contribution in [0.4, 0.5) is 0 Å². The zero-order valence-electron chi connectivity index (χ0n) is 16.3. The third kappa shape index (κ3) is 10.0. The molecule has 0 unspecified atom stereocenters. The van der Waals surface area contributed by atoms with Crippen molar-refractivity contribution in [3.63, 3.8) is 0 Å². The Hall–Kier alpha value is -0.0800. The lowest BCUT2D eigenvalue weighted by atomic mass is 9.83. The fourth-order valence-corrected chi connectivity index (χ4v) is 3.14. The molecule has 0 atom stereocenters. The number of hydrogen-bond donors (Lipinski definition) is 3. The molecule has 24 heavy (non-hydrogen) atoms. The summed E-state index contributed by atoms with van der Waals surface area (Å²) in [5.41, 5.74) is 0.507. The molecule has 3 N–H and O–H groups in total. The van der Waals surface area contributed by atoms with Crippen LogP contribution in [0.15, 0.2) is 4.99 Å². The lowest BCUT2D eigenvalue weighted by Crippen LogP contribution is -2.44. The molecular weight excluding hydrogens is 415 g/mol. The summed E-state index contributed by atoms with van der Waals surface area (Å²) in [6.07, 6.45) is 6.35. The van der Waals surface area contributed by atoms with E-state index in [2.05, 4.69) is 43.6 Å². The van der Waals surface area contributed by atoms with Gasteiger partial charge in [0.25, 0.3) is 0 Å². The minimum atomic E-state index is 0. The van der Waals surface area contributed by atoms with E-state index >= 15 is 0 Å². The molecule has 0 saturated heterocycles. The van der Waals surface area contributed by atoms with E-state index in [1.165, 1.54) is 25.7 Å². The Morgan fingerprint density at radius 2 is 1.79 bits per heavy atom. The number of guanidine groups is 1. The summed E-state index contributed by atoms with van der Waals surface area (Å²) in [5, 5.41) is 10.3. The number of halogens is 1. The first-order valence-electron chi connectivity index (χ1n) is 9.17. The van der Waals surface area contributed by atoms with Gasteiger partial charge in [-0.05, 0) is 52.4 Å². The molecule has 0 heterocycles. The van der Waals surface area contributed by atoms with Crippen molar-refractivity contribution in [2.24, 2.45) is 10.4 Å². The molecule has 0 aliphatic heterocycles. The van der Waals surface area contributed by atoms with Gasteiger partial charge in [-0.25, -0.2) is 0 Å². The van der Waals surface area contributed by atoms with Crippen LogP contribution in [0.5, 0.6) is 0 Å². The summed E-state index contributed by atoms with van der Waals surface area (Å²) in [7, 11) is 1.79. The predicted octanol–water partition coefficient (Wildman–Crippen LogP) is 3.14. The van der Waals surface area contributed by atoms with Gasteiger partial charge in [0.1, 0.15) is 0 Å². The van der Waals surface area contributed by atoms with Crippen molar-refractivity contribution in [3.8, 4) is 0 Å². The highest BCUT2D eigenvalue weighted by atomic mass is 127. The molecule has 1 rings (SSSR count). The van der Waals surface area contributed by atoms with E-state index in [1.807, 2.05) is 0 Å². The van der Waals surface area contributed by atoms with Gasteiger partial charge >= 0.3 is 0 Å². The summed E-state index contributed by atoms with van der Waals surface area (Å²) in [4.78, 5) is 4.87. The molecule has 5 nitrogen and oxygen atoms in total. The molecule has 144 valence electrons. The number of methoxy groups -OCH3 is 1. The molecule has 0 aromatic heterocycles. The first-order valence-corrected chi connectivity index (χ1v) is 9.17. The van der Waals surface area contributed by atoms with Gasteiger partial charge in [-0.3, -0.25) is 4.99 Å². The zero-order chi connectivity index (χ0) is 17.2. The fraction of sp³-hybridized carbons (Fsp3) is 0.944. The summed E-state index contributed by atoms with van der Waals surface area (Å²) in [6.45, 7) is 13.1. The number of nitrogens with one attached hydrogen (secondary N) is 3. The predicted molar refractivity (Wildman–Crippen MR) is 115 cm³/mol. The second-order valence-corrected chi connectivity index (χ2v) is 7.75. The first kappa shape index (κ1) is 23.9. The molecule has 0 radical (unpaired) electrons. The van der Waals surface area contributed by atoms with E-state index in [0.717, 1.165) is 45.2 Å². The summed E-state index contributed by atoms with van der Waals surface area (Å²) in [6, 6.07) is 0. The average molecular weight is 454 g/mol. The van der Waals surface area contributed by atoms with Gasteiger partial charge < -0.3 is 20.7 Å². The van der Waals surface area contributed by atoms with Gasteiger partial charge in [0, 0.05) is 45.4 Å². The summed E-state index contributed by atoms with van der Waals surface area (Å²) >= 11 is 0. The van der Waals surface area contributed by atoms with Gasteiger partial charge in [-0.2, -0.15) is 0 Å². The van der Waals surface area contributed by atoms with E-state index in [-0.39, 0.29) is 29.5 Å². The Morgan fingerprint density at radius 1 is 1.12 bits per heavy atom. The first-order chi connectivity index (χ1) is 10.9. The van der Waals surface area contributed by atoms with E-state index in [1.54, 1.807) is 7.11 Å². The van der Waals surface area contributed by atoms with Crippen LogP contribution in [0.1, 0.15) is 59.8 Å². The maximum absolute atomic E-state index is 5.31. The second-order valence-electron chi connectivity index (χ2n) is 7.75. The van der Waals surface area contributed by atoms with Crippen LogP contribution in [-0.2, 0) is 4.74 Å². The van der Waals surface area contributed by atoms with Crippen molar-refractivity contribution < 1.29 is 4.74 Å². The van der Waals surface area contributed by atoms with Crippen LogP contribution in [-0.4, -0.2) is 51.4 Å². The van der Waals surface area contributed by atoms with Crippen molar-refractivity contribution in [3.05, 3.63) is 0 Å². The van der Waals surface area contributed by atoms with Crippen molar-refractivity contribution in [2.45, 2.75) is 65.3 Å². The molecule has 0 amide bonds. The Kier molecular flexibility index (Phi) is 12.3. The average Bonchev–Trinajstić information content (AvgIpc) is 2.95. The van der Waals surface area contributed by atoms with E-state index in [4.69, 9.17) is 9.73 Å². The molecule has 1 fully saturated rings. The lowest BCUT2D eigenvalue weighted by molar-refractivity contribution is 0.141. The van der Waals surface area contributed by atoms with Gasteiger partial charge in [-0.1, -0.05) is 12.8 Å². The highest BCUT2D eigenvalue weighted by Crippen LogP contribution is 2.41. The van der Waals surface area contributed by atoms with Crippen LogP contribution < -0.4 is 16.0 Å². The van der Waals surface area contributed by atoms with Crippen molar-refractivity contribution >= 4 is 29.9 Å². The van der Waals surface area contributed by atoms with Crippen LogP contribution in [0.2, 0.25) is 0 Å². The molecule has 1 aliphatic carbocycles. The largest absolute Gasteiger partial charge is 0.385 e. The zero-order valence-corrected chi connectivity index (χ0v) is 18.7. The second kappa shape index (κ2) is 12.3. The number of ether oxygens (including phenoxy) is 1. The minimum absolute atomic E-state index is 0. The standard InChI is InChI=1S/C18H38N4O.HI/c1-6-19-16(20-12-13-22-17(2,3)4)21-15-18(11-14-23-5)9-7-8-10-18;/h22H,6-15H2,1-5H3,(H2,19,20,21);1H. The van der Waals surface area contributed by atoms with E-state index in [9.17, 15) is 0 Å². The van der Waals surface area contributed by atoms with Crippen molar-refractivity contribution in [1.29, 1.82) is 0 Å². The summed E-state index contributed by atoms with van der Waals surface area (Å²) in [5.74, 6) is 0.937. The Labute approximate surface area is 166 Å². The molecule has 0 spiro atoms. The van der Waals surface area contributed by atoms with Gasteiger partial charge in [0.2, 0.25) is 0 Å². The maximum Gasteiger partial charge on any atom is 0.191 e. The van der Waals surface area contributed by atoms with Crippen LogP contribution >= 0.6 is 24.0 Å². The van der Waals surface area contributed by atoms with Gasteiger partial charge in [0.15, 0.2) is 5.96 Å². The quantitative estimate of drug-likeness (QED) is 0.217. The fourth-order valence-electron chi connectivity index (χ4n) is 3.14. The van der Waals surface area contributed by atoms with Crippen molar-refractivity contribution in [1.82, 2.24) is 16.0 Å². The maximum atomic E-state index is 5.31. The highest BCUT2D eigenvalue weighted by molar-refractivity contribution is 14.0. The number of hydrogen-bond acceptors (Lipinski definition) is 3. The lowest BCUT2D eigenvalue weighted by Gasteiger charge is -2.27. The van der Waals surface area contributed by atoms with E-state index < -0.39 is 0 Å². The van der Waals surface area contributed by atoms with Gasteiger partial charge in [0.05, 0.1) is 0 Å². The SMILES string of the molecule is CCNC(=NCC1(CCOC)CCCC1)NCCNC(C)(C)C.I. The molecule has 0 aromatic carbocycles. The van der Waals surface area contributed by atoms with Crippen LogP contribution in [0, 0.1) is 5.41 Å².